The zero-order chi connectivity index (χ0) is 14.0. The number of aromatic nitrogens is 1. The highest BCUT2D eigenvalue weighted by atomic mass is 32.2. The van der Waals surface area contributed by atoms with Gasteiger partial charge < -0.3 is 5.73 Å². The van der Waals surface area contributed by atoms with Crippen molar-refractivity contribution in [1.29, 1.82) is 0 Å². The summed E-state index contributed by atoms with van der Waals surface area (Å²) in [6.45, 7) is 3.50. The van der Waals surface area contributed by atoms with E-state index in [4.69, 9.17) is 5.73 Å². The second-order valence-corrected chi connectivity index (χ2v) is 5.96. The normalized spacial score (nSPS) is 11.3. The van der Waals surface area contributed by atoms with Crippen LogP contribution >= 0.6 is 0 Å². The molecule has 1 aromatic heterocycles. The van der Waals surface area contributed by atoms with Crippen LogP contribution in [0, 0.1) is 13.8 Å². The summed E-state index contributed by atoms with van der Waals surface area (Å²) < 4.78 is 27.0. The minimum atomic E-state index is -3.63. The van der Waals surface area contributed by atoms with Gasteiger partial charge in [-0.15, -0.1) is 0 Å². The van der Waals surface area contributed by atoms with Crippen molar-refractivity contribution in [1.82, 2.24) is 4.98 Å². The van der Waals surface area contributed by atoms with Gasteiger partial charge in [0.1, 0.15) is 5.82 Å². The molecule has 3 N–H and O–H groups in total. The lowest BCUT2D eigenvalue weighted by Gasteiger charge is -2.11. The minimum Gasteiger partial charge on any atom is -0.397 e. The number of anilines is 2. The number of nitrogens with one attached hydrogen (secondary N) is 1. The Morgan fingerprint density at radius 3 is 2.47 bits per heavy atom. The van der Waals surface area contributed by atoms with E-state index in [1.165, 1.54) is 6.20 Å². The number of nitrogens with zero attached hydrogens (tertiary/aromatic N) is 1. The van der Waals surface area contributed by atoms with Gasteiger partial charge in [-0.05, 0) is 37.1 Å². The summed E-state index contributed by atoms with van der Waals surface area (Å²) in [6.07, 6.45) is 1.42. The number of benzene rings is 1. The fourth-order valence-corrected chi connectivity index (χ4v) is 3.07. The standard InChI is InChI=1S/C13H15N3O2S/c1-9-5-3-4-6-12(9)19(17,18)16-13-10(2)7-11(14)8-15-13/h3-8H,14H2,1-2H3,(H,15,16). The zero-order valence-corrected chi connectivity index (χ0v) is 11.5. The van der Waals surface area contributed by atoms with Crippen molar-refractivity contribution in [2.45, 2.75) is 18.7 Å². The zero-order valence-electron chi connectivity index (χ0n) is 10.7. The van der Waals surface area contributed by atoms with Gasteiger partial charge in [0.05, 0.1) is 16.8 Å². The van der Waals surface area contributed by atoms with E-state index < -0.39 is 10.0 Å². The molecule has 0 unspecified atom stereocenters. The van der Waals surface area contributed by atoms with Crippen LogP contribution in [0.25, 0.3) is 0 Å². The van der Waals surface area contributed by atoms with E-state index in [1.807, 2.05) is 0 Å². The molecule has 5 nitrogen and oxygen atoms in total. The molecule has 0 atom stereocenters. The summed E-state index contributed by atoms with van der Waals surface area (Å²) in [5, 5.41) is 0. The Bertz CT molecular complexity index is 712. The number of hydrogen-bond acceptors (Lipinski definition) is 4. The molecule has 6 heteroatoms. The largest absolute Gasteiger partial charge is 0.397 e. The van der Waals surface area contributed by atoms with Gasteiger partial charge in [-0.1, -0.05) is 18.2 Å². The van der Waals surface area contributed by atoms with E-state index in [2.05, 4.69) is 9.71 Å². The molecule has 0 radical (unpaired) electrons. The van der Waals surface area contributed by atoms with Crippen molar-refractivity contribution in [3.63, 3.8) is 0 Å². The first-order valence-corrected chi connectivity index (χ1v) is 7.19. The first-order valence-electron chi connectivity index (χ1n) is 5.71. The molecule has 1 aromatic carbocycles. The summed E-state index contributed by atoms with van der Waals surface area (Å²) in [6, 6.07) is 8.46. The van der Waals surface area contributed by atoms with E-state index in [9.17, 15) is 8.42 Å². The van der Waals surface area contributed by atoms with Gasteiger partial charge >= 0.3 is 0 Å². The van der Waals surface area contributed by atoms with Crippen LogP contribution in [-0.2, 0) is 10.0 Å². The molecule has 100 valence electrons. The van der Waals surface area contributed by atoms with Gasteiger partial charge in [0.15, 0.2) is 0 Å². The van der Waals surface area contributed by atoms with E-state index in [-0.39, 0.29) is 10.7 Å². The fraction of sp³-hybridized carbons (Fsp3) is 0.154. The maximum absolute atomic E-state index is 12.3. The molecular weight excluding hydrogens is 262 g/mol. The molecule has 2 aromatic rings. The molecule has 0 aliphatic heterocycles. The third kappa shape index (κ3) is 2.85. The maximum Gasteiger partial charge on any atom is 0.263 e. The van der Waals surface area contributed by atoms with Gasteiger partial charge in [0, 0.05) is 0 Å². The molecule has 0 aliphatic carbocycles. The number of nitrogens with two attached hydrogens (primary N) is 1. The molecule has 0 bridgehead atoms. The molecule has 2 rings (SSSR count). The van der Waals surface area contributed by atoms with Crippen LogP contribution in [0.5, 0.6) is 0 Å². The summed E-state index contributed by atoms with van der Waals surface area (Å²) in [5.74, 6) is 0.289. The highest BCUT2D eigenvalue weighted by Crippen LogP contribution is 2.20. The topological polar surface area (TPSA) is 85.1 Å². The first-order chi connectivity index (χ1) is 8.90. The Kier molecular flexibility index (Phi) is 3.44. The molecule has 19 heavy (non-hydrogen) atoms. The number of pyridine rings is 1. The van der Waals surface area contributed by atoms with Crippen molar-refractivity contribution in [2.75, 3.05) is 10.5 Å². The predicted molar refractivity (Wildman–Crippen MR) is 75.4 cm³/mol. The number of hydrogen-bond donors (Lipinski definition) is 2. The Labute approximate surface area is 112 Å². The van der Waals surface area contributed by atoms with Crippen LogP contribution in [0.1, 0.15) is 11.1 Å². The highest BCUT2D eigenvalue weighted by molar-refractivity contribution is 7.92. The summed E-state index contributed by atoms with van der Waals surface area (Å²) >= 11 is 0. The van der Waals surface area contributed by atoms with Crippen LogP contribution in [0.3, 0.4) is 0 Å². The van der Waals surface area contributed by atoms with Crippen LogP contribution in [0.4, 0.5) is 11.5 Å². The Hall–Kier alpha value is -2.08. The maximum atomic E-state index is 12.3. The molecule has 1 heterocycles. The van der Waals surface area contributed by atoms with E-state index in [1.54, 1.807) is 44.2 Å². The highest BCUT2D eigenvalue weighted by Gasteiger charge is 2.17. The molecule has 0 spiro atoms. The number of aryl methyl sites for hydroxylation is 2. The van der Waals surface area contributed by atoms with E-state index >= 15 is 0 Å². The lowest BCUT2D eigenvalue weighted by molar-refractivity contribution is 0.600. The molecule has 0 saturated carbocycles. The molecular formula is C13H15N3O2S. The van der Waals surface area contributed by atoms with Crippen molar-refractivity contribution in [2.24, 2.45) is 0 Å². The van der Waals surface area contributed by atoms with Gasteiger partial charge in [-0.2, -0.15) is 0 Å². The predicted octanol–water partition coefficient (Wildman–Crippen LogP) is 2.08. The second-order valence-electron chi connectivity index (χ2n) is 4.31. The molecule has 0 fully saturated rings. The van der Waals surface area contributed by atoms with E-state index in [0.29, 0.717) is 16.8 Å². The average molecular weight is 277 g/mol. The lowest BCUT2D eigenvalue weighted by atomic mass is 10.2. The monoisotopic (exact) mass is 277 g/mol. The molecule has 0 amide bonds. The van der Waals surface area contributed by atoms with Gasteiger partial charge in [-0.25, -0.2) is 13.4 Å². The van der Waals surface area contributed by atoms with Crippen molar-refractivity contribution < 1.29 is 8.42 Å². The molecule has 0 aliphatic rings. The lowest BCUT2D eigenvalue weighted by Crippen LogP contribution is -2.16. The van der Waals surface area contributed by atoms with Crippen LogP contribution in [0.2, 0.25) is 0 Å². The van der Waals surface area contributed by atoms with Gasteiger partial charge in [0.25, 0.3) is 10.0 Å². The average Bonchev–Trinajstić information content (AvgIpc) is 2.33. The first kappa shape index (κ1) is 13.4. The second kappa shape index (κ2) is 4.89. The Morgan fingerprint density at radius 1 is 1.16 bits per heavy atom. The fourth-order valence-electron chi connectivity index (χ4n) is 1.74. The van der Waals surface area contributed by atoms with Crippen molar-refractivity contribution in [3.8, 4) is 0 Å². The Balaban J connectivity index is 2.40. The van der Waals surface area contributed by atoms with Crippen LogP contribution < -0.4 is 10.5 Å². The van der Waals surface area contributed by atoms with Crippen LogP contribution in [-0.4, -0.2) is 13.4 Å². The number of nitrogen functional groups attached to an aromatic ring is 1. The van der Waals surface area contributed by atoms with Crippen molar-refractivity contribution in [3.05, 3.63) is 47.7 Å². The third-order valence-corrected chi connectivity index (χ3v) is 4.21. The third-order valence-electron chi connectivity index (χ3n) is 2.71. The quantitative estimate of drug-likeness (QED) is 0.899. The SMILES string of the molecule is Cc1ccccc1S(=O)(=O)Nc1ncc(N)cc1C. The van der Waals surface area contributed by atoms with Crippen LogP contribution in [0.15, 0.2) is 41.4 Å². The van der Waals surface area contributed by atoms with Gasteiger partial charge in [-0.3, -0.25) is 4.72 Å². The smallest absolute Gasteiger partial charge is 0.263 e. The van der Waals surface area contributed by atoms with Gasteiger partial charge in [0.2, 0.25) is 0 Å². The Morgan fingerprint density at radius 2 is 1.84 bits per heavy atom. The number of rotatable bonds is 3. The summed E-state index contributed by atoms with van der Waals surface area (Å²) in [4.78, 5) is 4.25. The molecule has 0 saturated heterocycles. The summed E-state index contributed by atoms with van der Waals surface area (Å²) in [7, 11) is -3.63. The summed E-state index contributed by atoms with van der Waals surface area (Å²) in [5.41, 5.74) is 7.44. The van der Waals surface area contributed by atoms with Crippen molar-refractivity contribution >= 4 is 21.5 Å². The van der Waals surface area contributed by atoms with E-state index in [0.717, 1.165) is 0 Å². The number of sulfonamides is 1. The minimum absolute atomic E-state index is 0.244.